The van der Waals surface area contributed by atoms with Crippen LogP contribution in [0.3, 0.4) is 0 Å². The van der Waals surface area contributed by atoms with Crippen LogP contribution >= 0.6 is 11.6 Å². The molecule has 1 aliphatic heterocycles. The van der Waals surface area contributed by atoms with Crippen molar-refractivity contribution in [3.05, 3.63) is 22.7 Å². The van der Waals surface area contributed by atoms with Crippen LogP contribution in [0.4, 0.5) is 4.79 Å². The standard InChI is InChI=1S/C15H21ClN2O4/c1-2-11(9-19)18-15(20)17-8-10-6-12(16)14-13(7-10)21-4-3-5-22-14/h6-7,11,19H,2-5,8-9H2,1H3,(H2,17,18,20)/t11-/m0/s1. The summed E-state index contributed by atoms with van der Waals surface area (Å²) < 4.78 is 11.2. The second-order valence-corrected chi connectivity index (χ2v) is 5.48. The molecule has 0 radical (unpaired) electrons. The van der Waals surface area contributed by atoms with Crippen LogP contribution in [0.2, 0.25) is 5.02 Å². The number of amides is 2. The maximum Gasteiger partial charge on any atom is 0.315 e. The van der Waals surface area contributed by atoms with E-state index in [9.17, 15) is 4.79 Å². The van der Waals surface area contributed by atoms with Crippen LogP contribution in [0.15, 0.2) is 12.1 Å². The fourth-order valence-electron chi connectivity index (χ4n) is 2.08. The molecule has 2 amide bonds. The van der Waals surface area contributed by atoms with E-state index in [4.69, 9.17) is 26.2 Å². The highest BCUT2D eigenvalue weighted by Crippen LogP contribution is 2.37. The molecule has 0 saturated carbocycles. The van der Waals surface area contributed by atoms with Crippen molar-refractivity contribution in [1.29, 1.82) is 0 Å². The Morgan fingerprint density at radius 1 is 1.41 bits per heavy atom. The van der Waals surface area contributed by atoms with Crippen molar-refractivity contribution >= 4 is 17.6 Å². The molecule has 7 heteroatoms. The van der Waals surface area contributed by atoms with E-state index in [0.717, 1.165) is 12.0 Å². The highest BCUT2D eigenvalue weighted by Gasteiger charge is 2.16. The van der Waals surface area contributed by atoms with E-state index in [1.807, 2.05) is 13.0 Å². The Kier molecular flexibility index (Phi) is 6.15. The Hall–Kier alpha value is -1.66. The molecule has 0 saturated heterocycles. The number of carbonyl (C=O) groups excluding carboxylic acids is 1. The third kappa shape index (κ3) is 4.42. The van der Waals surface area contributed by atoms with Gasteiger partial charge < -0.3 is 25.2 Å². The molecule has 0 aliphatic carbocycles. The molecule has 1 aromatic rings. The van der Waals surface area contributed by atoms with Crippen molar-refractivity contribution < 1.29 is 19.4 Å². The Morgan fingerprint density at radius 3 is 2.91 bits per heavy atom. The van der Waals surface area contributed by atoms with Crippen LogP contribution in [0.1, 0.15) is 25.3 Å². The zero-order valence-electron chi connectivity index (χ0n) is 12.5. The van der Waals surface area contributed by atoms with Crippen molar-refractivity contribution in [2.75, 3.05) is 19.8 Å². The van der Waals surface area contributed by atoms with Crippen LogP contribution in [0.5, 0.6) is 11.5 Å². The second-order valence-electron chi connectivity index (χ2n) is 5.07. The number of ether oxygens (including phenoxy) is 2. The molecule has 1 aromatic carbocycles. The first-order valence-corrected chi connectivity index (χ1v) is 7.75. The summed E-state index contributed by atoms with van der Waals surface area (Å²) in [5.41, 5.74) is 0.821. The van der Waals surface area contributed by atoms with Gasteiger partial charge in [-0.25, -0.2) is 4.79 Å². The number of hydrogen-bond donors (Lipinski definition) is 3. The number of nitrogens with one attached hydrogen (secondary N) is 2. The minimum Gasteiger partial charge on any atom is -0.489 e. The van der Waals surface area contributed by atoms with Crippen LogP contribution < -0.4 is 20.1 Å². The predicted molar refractivity (Wildman–Crippen MR) is 83.6 cm³/mol. The lowest BCUT2D eigenvalue weighted by atomic mass is 10.2. The molecule has 1 atom stereocenters. The van der Waals surface area contributed by atoms with Gasteiger partial charge in [-0.1, -0.05) is 18.5 Å². The monoisotopic (exact) mass is 328 g/mol. The van der Waals surface area contributed by atoms with Crippen LogP contribution in [-0.4, -0.2) is 37.0 Å². The average molecular weight is 329 g/mol. The number of hydrogen-bond acceptors (Lipinski definition) is 4. The summed E-state index contributed by atoms with van der Waals surface area (Å²) in [6.45, 7) is 3.27. The maximum atomic E-state index is 11.8. The maximum absolute atomic E-state index is 11.8. The first-order valence-electron chi connectivity index (χ1n) is 7.37. The summed E-state index contributed by atoms with van der Waals surface area (Å²) in [5, 5.41) is 15.0. The molecule has 3 N–H and O–H groups in total. The first-order chi connectivity index (χ1) is 10.6. The number of benzene rings is 1. The minimum atomic E-state index is -0.330. The van der Waals surface area contributed by atoms with E-state index < -0.39 is 0 Å². The van der Waals surface area contributed by atoms with E-state index >= 15 is 0 Å². The largest absolute Gasteiger partial charge is 0.489 e. The highest BCUT2D eigenvalue weighted by atomic mass is 35.5. The number of carbonyl (C=O) groups is 1. The number of halogens is 1. The molecular weight excluding hydrogens is 308 g/mol. The number of urea groups is 1. The number of aliphatic hydroxyl groups excluding tert-OH is 1. The van der Waals surface area contributed by atoms with E-state index in [2.05, 4.69) is 10.6 Å². The molecule has 6 nitrogen and oxygen atoms in total. The van der Waals surface area contributed by atoms with Crippen molar-refractivity contribution in [2.45, 2.75) is 32.4 Å². The zero-order valence-corrected chi connectivity index (χ0v) is 13.3. The molecule has 0 fully saturated rings. The molecular formula is C15H21ClN2O4. The van der Waals surface area contributed by atoms with Crippen molar-refractivity contribution in [3.8, 4) is 11.5 Å². The summed E-state index contributed by atoms with van der Waals surface area (Å²) in [6.07, 6.45) is 1.47. The average Bonchev–Trinajstić information content (AvgIpc) is 2.76. The Bertz CT molecular complexity index is 521. The second kappa shape index (κ2) is 8.10. The lowest BCUT2D eigenvalue weighted by molar-refractivity contribution is 0.214. The van der Waals surface area contributed by atoms with E-state index in [1.54, 1.807) is 6.07 Å². The zero-order chi connectivity index (χ0) is 15.9. The minimum absolute atomic E-state index is 0.0836. The van der Waals surface area contributed by atoms with Gasteiger partial charge in [-0.2, -0.15) is 0 Å². The van der Waals surface area contributed by atoms with Crippen molar-refractivity contribution in [1.82, 2.24) is 10.6 Å². The van der Waals surface area contributed by atoms with Crippen LogP contribution in [-0.2, 0) is 6.54 Å². The fraction of sp³-hybridized carbons (Fsp3) is 0.533. The van der Waals surface area contributed by atoms with E-state index in [0.29, 0.717) is 42.7 Å². The summed E-state index contributed by atoms with van der Waals surface area (Å²) in [4.78, 5) is 11.8. The molecule has 1 aliphatic rings. The number of aliphatic hydroxyl groups is 1. The van der Waals surface area contributed by atoms with Crippen LogP contribution in [0.25, 0.3) is 0 Å². The van der Waals surface area contributed by atoms with Gasteiger partial charge in [-0.3, -0.25) is 0 Å². The quantitative estimate of drug-likeness (QED) is 0.773. The lowest BCUT2D eigenvalue weighted by Gasteiger charge is -2.15. The molecule has 2 rings (SSSR count). The van der Waals surface area contributed by atoms with Crippen molar-refractivity contribution in [2.24, 2.45) is 0 Å². The third-order valence-corrected chi connectivity index (χ3v) is 3.64. The van der Waals surface area contributed by atoms with Crippen molar-refractivity contribution in [3.63, 3.8) is 0 Å². The highest BCUT2D eigenvalue weighted by molar-refractivity contribution is 6.32. The molecule has 0 spiro atoms. The summed E-state index contributed by atoms with van der Waals surface area (Å²) in [7, 11) is 0. The van der Waals surface area contributed by atoms with Gasteiger partial charge in [0.05, 0.1) is 30.9 Å². The lowest BCUT2D eigenvalue weighted by Crippen LogP contribution is -2.43. The Morgan fingerprint density at radius 2 is 2.18 bits per heavy atom. The van der Waals surface area contributed by atoms with Gasteiger partial charge in [0.25, 0.3) is 0 Å². The molecule has 22 heavy (non-hydrogen) atoms. The number of rotatable bonds is 5. The molecule has 1 heterocycles. The SMILES string of the molecule is CC[C@@H](CO)NC(=O)NCc1cc(Cl)c2c(c1)OCCCO2. The topological polar surface area (TPSA) is 79.8 Å². The summed E-state index contributed by atoms with van der Waals surface area (Å²) >= 11 is 6.20. The van der Waals surface area contributed by atoms with E-state index in [-0.39, 0.29) is 18.7 Å². The van der Waals surface area contributed by atoms with Gasteiger partial charge >= 0.3 is 6.03 Å². The summed E-state index contributed by atoms with van der Waals surface area (Å²) in [5.74, 6) is 1.16. The third-order valence-electron chi connectivity index (χ3n) is 3.36. The van der Waals surface area contributed by atoms with Gasteiger partial charge in [-0.15, -0.1) is 0 Å². The number of fused-ring (bicyclic) bond motifs is 1. The molecule has 0 bridgehead atoms. The van der Waals surface area contributed by atoms with Gasteiger partial charge in [0.15, 0.2) is 11.5 Å². The summed E-state index contributed by atoms with van der Waals surface area (Å²) in [6, 6.07) is 2.99. The first kappa shape index (κ1) is 16.7. The molecule has 122 valence electrons. The Labute approximate surface area is 134 Å². The molecule has 0 aromatic heterocycles. The normalized spacial score (nSPS) is 14.9. The van der Waals surface area contributed by atoms with Gasteiger partial charge in [0.2, 0.25) is 0 Å². The Balaban J connectivity index is 1.97. The predicted octanol–water partition coefficient (Wildman–Crippen LogP) is 2.07. The van der Waals surface area contributed by atoms with Gasteiger partial charge in [-0.05, 0) is 24.1 Å². The molecule has 0 unspecified atom stereocenters. The van der Waals surface area contributed by atoms with Gasteiger partial charge in [0.1, 0.15) is 0 Å². The van der Waals surface area contributed by atoms with Crippen LogP contribution in [0, 0.1) is 0 Å². The smallest absolute Gasteiger partial charge is 0.315 e. The fourth-order valence-corrected chi connectivity index (χ4v) is 2.37. The van der Waals surface area contributed by atoms with Gasteiger partial charge in [0, 0.05) is 13.0 Å². The van der Waals surface area contributed by atoms with E-state index in [1.165, 1.54) is 0 Å².